The van der Waals surface area contributed by atoms with Gasteiger partial charge in [-0.2, -0.15) is 0 Å². The second kappa shape index (κ2) is 11.0. The fourth-order valence-corrected chi connectivity index (χ4v) is 1.78. The van der Waals surface area contributed by atoms with Gasteiger partial charge in [-0.05, 0) is 58.9 Å². The standard InChI is InChI=1S/C12H28N2/c1-4-10-14(11-5-2)12-8-6-7-9-13-3/h13H,4-12H2,1-3H3. The largest absolute Gasteiger partial charge is 0.320 e. The summed E-state index contributed by atoms with van der Waals surface area (Å²) in [6.45, 7) is 9.56. The van der Waals surface area contributed by atoms with Gasteiger partial charge < -0.3 is 10.2 Å². The number of hydrogen-bond acceptors (Lipinski definition) is 2. The van der Waals surface area contributed by atoms with Crippen LogP contribution >= 0.6 is 0 Å². The highest BCUT2D eigenvalue weighted by molar-refractivity contribution is 4.56. The first-order valence-electron chi connectivity index (χ1n) is 6.22. The minimum absolute atomic E-state index is 1.17. The third kappa shape index (κ3) is 8.52. The van der Waals surface area contributed by atoms with Gasteiger partial charge in [-0.1, -0.05) is 20.3 Å². The van der Waals surface area contributed by atoms with Gasteiger partial charge in [0.05, 0.1) is 0 Å². The van der Waals surface area contributed by atoms with Gasteiger partial charge in [0.1, 0.15) is 0 Å². The van der Waals surface area contributed by atoms with Gasteiger partial charge in [-0.15, -0.1) is 0 Å². The van der Waals surface area contributed by atoms with Crippen molar-refractivity contribution in [3.63, 3.8) is 0 Å². The minimum Gasteiger partial charge on any atom is -0.320 e. The van der Waals surface area contributed by atoms with Crippen LogP contribution in [0.25, 0.3) is 0 Å². The van der Waals surface area contributed by atoms with Gasteiger partial charge in [-0.25, -0.2) is 0 Å². The van der Waals surface area contributed by atoms with E-state index in [0.29, 0.717) is 0 Å². The smallest absolute Gasteiger partial charge is 0.00187 e. The van der Waals surface area contributed by atoms with Crippen LogP contribution in [0.4, 0.5) is 0 Å². The van der Waals surface area contributed by atoms with E-state index in [1.165, 1.54) is 58.3 Å². The van der Waals surface area contributed by atoms with Gasteiger partial charge in [-0.3, -0.25) is 0 Å². The highest BCUT2D eigenvalue weighted by Crippen LogP contribution is 2.00. The molecule has 0 aromatic carbocycles. The predicted octanol–water partition coefficient (Wildman–Crippen LogP) is 2.50. The fourth-order valence-electron chi connectivity index (χ4n) is 1.78. The number of nitrogens with zero attached hydrogens (tertiary/aromatic N) is 1. The number of unbranched alkanes of at least 4 members (excludes halogenated alkanes) is 2. The summed E-state index contributed by atoms with van der Waals surface area (Å²) < 4.78 is 0. The van der Waals surface area contributed by atoms with Crippen LogP contribution in [0.2, 0.25) is 0 Å². The summed E-state index contributed by atoms with van der Waals surface area (Å²) in [6.07, 6.45) is 6.63. The van der Waals surface area contributed by atoms with Crippen molar-refractivity contribution in [3.05, 3.63) is 0 Å². The Balaban J connectivity index is 3.30. The van der Waals surface area contributed by atoms with Crippen LogP contribution in [0.1, 0.15) is 46.0 Å². The van der Waals surface area contributed by atoms with E-state index in [1.807, 2.05) is 7.05 Å². The Bertz CT molecular complexity index is 98.5. The van der Waals surface area contributed by atoms with Gasteiger partial charge in [0.15, 0.2) is 0 Å². The van der Waals surface area contributed by atoms with Crippen LogP contribution < -0.4 is 5.32 Å². The summed E-state index contributed by atoms with van der Waals surface area (Å²) >= 11 is 0. The molecule has 0 spiro atoms. The summed E-state index contributed by atoms with van der Waals surface area (Å²) in [6, 6.07) is 0. The van der Waals surface area contributed by atoms with Crippen LogP contribution in [-0.2, 0) is 0 Å². The summed E-state index contributed by atoms with van der Waals surface area (Å²) in [7, 11) is 2.03. The van der Waals surface area contributed by atoms with Crippen molar-refractivity contribution in [2.45, 2.75) is 46.0 Å². The quantitative estimate of drug-likeness (QED) is 0.545. The average Bonchev–Trinajstić information content (AvgIpc) is 2.18. The van der Waals surface area contributed by atoms with E-state index >= 15 is 0 Å². The maximum Gasteiger partial charge on any atom is -0.00187 e. The lowest BCUT2D eigenvalue weighted by Gasteiger charge is -2.20. The molecule has 2 nitrogen and oxygen atoms in total. The molecule has 0 aliphatic carbocycles. The molecule has 1 N–H and O–H groups in total. The molecule has 0 fully saturated rings. The van der Waals surface area contributed by atoms with Crippen molar-refractivity contribution in [1.82, 2.24) is 10.2 Å². The number of rotatable bonds is 10. The van der Waals surface area contributed by atoms with Gasteiger partial charge in [0.2, 0.25) is 0 Å². The molecule has 0 radical (unpaired) electrons. The number of nitrogens with one attached hydrogen (secondary N) is 1. The highest BCUT2D eigenvalue weighted by atomic mass is 15.1. The summed E-state index contributed by atoms with van der Waals surface area (Å²) in [5.41, 5.74) is 0. The molecule has 0 atom stereocenters. The van der Waals surface area contributed by atoms with E-state index < -0.39 is 0 Å². The third-order valence-corrected chi connectivity index (χ3v) is 2.48. The molecule has 2 heteroatoms. The molecule has 14 heavy (non-hydrogen) atoms. The monoisotopic (exact) mass is 200 g/mol. The van der Waals surface area contributed by atoms with E-state index in [1.54, 1.807) is 0 Å². The van der Waals surface area contributed by atoms with Crippen molar-refractivity contribution in [1.29, 1.82) is 0 Å². The van der Waals surface area contributed by atoms with E-state index in [0.717, 1.165) is 0 Å². The topological polar surface area (TPSA) is 15.3 Å². The van der Waals surface area contributed by atoms with Crippen molar-refractivity contribution in [3.8, 4) is 0 Å². The average molecular weight is 200 g/mol. The zero-order valence-electron chi connectivity index (χ0n) is 10.3. The molecule has 0 saturated heterocycles. The highest BCUT2D eigenvalue weighted by Gasteiger charge is 2.00. The maximum atomic E-state index is 3.19. The zero-order valence-corrected chi connectivity index (χ0v) is 10.3. The molecular weight excluding hydrogens is 172 g/mol. The molecule has 0 aliphatic heterocycles. The van der Waals surface area contributed by atoms with Crippen molar-refractivity contribution >= 4 is 0 Å². The molecule has 0 heterocycles. The van der Waals surface area contributed by atoms with Gasteiger partial charge in [0, 0.05) is 0 Å². The van der Waals surface area contributed by atoms with E-state index in [4.69, 9.17) is 0 Å². The van der Waals surface area contributed by atoms with Crippen LogP contribution in [0.15, 0.2) is 0 Å². The lowest BCUT2D eigenvalue weighted by molar-refractivity contribution is 0.268. The first-order chi connectivity index (χ1) is 6.85. The van der Waals surface area contributed by atoms with Gasteiger partial charge in [0.25, 0.3) is 0 Å². The Labute approximate surface area is 90.1 Å². The fraction of sp³-hybridized carbons (Fsp3) is 1.00. The Hall–Kier alpha value is -0.0800. The third-order valence-electron chi connectivity index (χ3n) is 2.48. The van der Waals surface area contributed by atoms with Crippen LogP contribution in [0.3, 0.4) is 0 Å². The molecule has 0 aromatic heterocycles. The number of hydrogen-bond donors (Lipinski definition) is 1. The molecule has 0 bridgehead atoms. The summed E-state index contributed by atoms with van der Waals surface area (Å²) in [5, 5.41) is 3.19. The first-order valence-corrected chi connectivity index (χ1v) is 6.22. The lowest BCUT2D eigenvalue weighted by atomic mass is 10.2. The van der Waals surface area contributed by atoms with E-state index in [9.17, 15) is 0 Å². The van der Waals surface area contributed by atoms with Crippen molar-refractivity contribution < 1.29 is 0 Å². The molecule has 0 saturated carbocycles. The Morgan fingerprint density at radius 2 is 1.50 bits per heavy atom. The Morgan fingerprint density at radius 3 is 2.00 bits per heavy atom. The summed E-state index contributed by atoms with van der Waals surface area (Å²) in [4.78, 5) is 2.60. The lowest BCUT2D eigenvalue weighted by Crippen LogP contribution is -2.26. The molecular formula is C12H28N2. The van der Waals surface area contributed by atoms with E-state index in [-0.39, 0.29) is 0 Å². The van der Waals surface area contributed by atoms with Crippen LogP contribution in [0, 0.1) is 0 Å². The molecule has 0 aromatic rings. The van der Waals surface area contributed by atoms with Crippen LogP contribution in [0.5, 0.6) is 0 Å². The van der Waals surface area contributed by atoms with Crippen molar-refractivity contribution in [2.24, 2.45) is 0 Å². The van der Waals surface area contributed by atoms with Crippen molar-refractivity contribution in [2.75, 3.05) is 33.2 Å². The van der Waals surface area contributed by atoms with Gasteiger partial charge >= 0.3 is 0 Å². The Kier molecular flexibility index (Phi) is 10.9. The molecule has 86 valence electrons. The SMILES string of the molecule is CCCN(CCC)CCCCCNC. The van der Waals surface area contributed by atoms with E-state index in [2.05, 4.69) is 24.1 Å². The molecule has 0 amide bonds. The second-order valence-electron chi connectivity index (χ2n) is 4.01. The molecule has 0 rings (SSSR count). The normalized spacial score (nSPS) is 11.1. The first kappa shape index (κ1) is 13.9. The molecule has 0 unspecified atom stereocenters. The summed E-state index contributed by atoms with van der Waals surface area (Å²) in [5.74, 6) is 0. The van der Waals surface area contributed by atoms with Crippen LogP contribution in [-0.4, -0.2) is 38.1 Å². The minimum atomic E-state index is 1.17. The predicted molar refractivity (Wildman–Crippen MR) is 64.8 cm³/mol. The zero-order chi connectivity index (χ0) is 10.6. The maximum absolute atomic E-state index is 3.19. The second-order valence-corrected chi connectivity index (χ2v) is 4.01. The Morgan fingerprint density at radius 1 is 0.857 bits per heavy atom. The molecule has 0 aliphatic rings.